The highest BCUT2D eigenvalue weighted by Crippen LogP contribution is 2.32. The lowest BCUT2D eigenvalue weighted by atomic mass is 10.1. The van der Waals surface area contributed by atoms with Crippen LogP contribution in [0.1, 0.15) is 0 Å². The molecule has 0 amide bonds. The van der Waals surface area contributed by atoms with Gasteiger partial charge in [-0.25, -0.2) is 9.50 Å². The van der Waals surface area contributed by atoms with Gasteiger partial charge in [-0.15, -0.1) is 5.10 Å². The summed E-state index contributed by atoms with van der Waals surface area (Å²) in [5.41, 5.74) is 3.37. The smallest absolute Gasteiger partial charge is 0.161 e. The Labute approximate surface area is 162 Å². The Bertz CT molecular complexity index is 1120. The van der Waals surface area contributed by atoms with Crippen molar-refractivity contribution in [2.24, 2.45) is 0 Å². The number of ether oxygens (including phenoxy) is 2. The van der Waals surface area contributed by atoms with Gasteiger partial charge in [-0.2, -0.15) is 0 Å². The van der Waals surface area contributed by atoms with Gasteiger partial charge in [0.2, 0.25) is 0 Å². The Morgan fingerprint density at radius 1 is 0.964 bits per heavy atom. The van der Waals surface area contributed by atoms with Crippen LogP contribution in [0, 0.1) is 0 Å². The molecular weight excluding hydrogens is 356 g/mol. The molecule has 2 aromatic carbocycles. The molecule has 28 heavy (non-hydrogen) atoms. The fraction of sp³-hybridized carbons (Fsp3) is 0.143. The number of rotatable bonds is 5. The first-order valence-corrected chi connectivity index (χ1v) is 8.70. The topological polar surface area (TPSA) is 72.1 Å². The van der Waals surface area contributed by atoms with Gasteiger partial charge in [0.05, 0.1) is 26.1 Å². The maximum Gasteiger partial charge on any atom is 0.161 e. The molecule has 2 aromatic heterocycles. The number of benzene rings is 2. The zero-order valence-electron chi connectivity index (χ0n) is 15.8. The van der Waals surface area contributed by atoms with E-state index < -0.39 is 0 Å². The quantitative estimate of drug-likeness (QED) is 0.570. The van der Waals surface area contributed by atoms with Crippen molar-refractivity contribution in [3.63, 3.8) is 0 Å². The fourth-order valence-electron chi connectivity index (χ4n) is 3.01. The van der Waals surface area contributed by atoms with Crippen molar-refractivity contribution < 1.29 is 14.6 Å². The molecule has 0 aliphatic heterocycles. The summed E-state index contributed by atoms with van der Waals surface area (Å²) in [5, 5.41) is 14.6. The lowest BCUT2D eigenvalue weighted by Crippen LogP contribution is -2.13. The first-order chi connectivity index (χ1) is 13.6. The van der Waals surface area contributed by atoms with Gasteiger partial charge in [-0.1, -0.05) is 0 Å². The molecule has 1 N–H and O–H groups in total. The first kappa shape index (κ1) is 17.7. The van der Waals surface area contributed by atoms with E-state index in [4.69, 9.17) is 14.6 Å². The monoisotopic (exact) mass is 376 g/mol. The Morgan fingerprint density at radius 3 is 2.46 bits per heavy atom. The number of nitrogens with zero attached hydrogens (tertiary/aromatic N) is 4. The van der Waals surface area contributed by atoms with Gasteiger partial charge < -0.3 is 19.5 Å². The molecule has 0 unspecified atom stereocenters. The van der Waals surface area contributed by atoms with Gasteiger partial charge in [-0.3, -0.25) is 0 Å². The predicted octanol–water partition coefficient (Wildman–Crippen LogP) is 3.89. The van der Waals surface area contributed by atoms with E-state index in [1.54, 1.807) is 30.0 Å². The minimum absolute atomic E-state index is 0.0907. The van der Waals surface area contributed by atoms with E-state index in [-0.39, 0.29) is 5.75 Å². The summed E-state index contributed by atoms with van der Waals surface area (Å²) < 4.78 is 12.2. The third-order valence-corrected chi connectivity index (χ3v) is 4.63. The van der Waals surface area contributed by atoms with Crippen molar-refractivity contribution in [3.8, 4) is 28.5 Å². The third kappa shape index (κ3) is 3.07. The van der Waals surface area contributed by atoms with Gasteiger partial charge >= 0.3 is 0 Å². The summed E-state index contributed by atoms with van der Waals surface area (Å²) in [7, 11) is 5.12. The summed E-state index contributed by atoms with van der Waals surface area (Å²) in [4.78, 5) is 6.42. The summed E-state index contributed by atoms with van der Waals surface area (Å²) in [6.07, 6.45) is 1.76. The van der Waals surface area contributed by atoms with Gasteiger partial charge in [0.15, 0.2) is 23.0 Å². The summed E-state index contributed by atoms with van der Waals surface area (Å²) in [5.74, 6) is 2.06. The number of aromatic nitrogens is 3. The zero-order chi connectivity index (χ0) is 19.7. The number of anilines is 2. The molecule has 0 fully saturated rings. The molecule has 142 valence electrons. The fourth-order valence-corrected chi connectivity index (χ4v) is 3.01. The zero-order valence-corrected chi connectivity index (χ0v) is 15.8. The van der Waals surface area contributed by atoms with Crippen LogP contribution in [0.15, 0.2) is 60.8 Å². The van der Waals surface area contributed by atoms with Crippen molar-refractivity contribution >= 4 is 17.2 Å². The lowest BCUT2D eigenvalue weighted by Gasteiger charge is -2.18. The van der Waals surface area contributed by atoms with Crippen molar-refractivity contribution in [2.45, 2.75) is 0 Å². The molecule has 0 aliphatic carbocycles. The summed E-state index contributed by atoms with van der Waals surface area (Å²) in [6.45, 7) is 0. The molecule has 0 saturated carbocycles. The SMILES string of the molecule is COc1ccc(N(C)c2ccc3ncc(-c4ccc(O)c(OC)c4)n3n2)cc1. The summed E-state index contributed by atoms with van der Waals surface area (Å²) >= 11 is 0. The minimum atomic E-state index is 0.0907. The second-order valence-corrected chi connectivity index (χ2v) is 6.25. The third-order valence-electron chi connectivity index (χ3n) is 4.63. The average molecular weight is 376 g/mol. The van der Waals surface area contributed by atoms with Crippen molar-refractivity contribution in [1.29, 1.82) is 0 Å². The van der Waals surface area contributed by atoms with Crippen molar-refractivity contribution in [2.75, 3.05) is 26.2 Å². The van der Waals surface area contributed by atoms with Crippen LogP contribution in [0.3, 0.4) is 0 Å². The molecular formula is C21H20N4O3. The molecule has 0 radical (unpaired) electrons. The first-order valence-electron chi connectivity index (χ1n) is 8.70. The van der Waals surface area contributed by atoms with Gasteiger partial charge in [-0.05, 0) is 54.6 Å². The van der Waals surface area contributed by atoms with Crippen LogP contribution in [-0.4, -0.2) is 41.0 Å². The number of aromatic hydroxyl groups is 1. The largest absolute Gasteiger partial charge is 0.504 e. The van der Waals surface area contributed by atoms with E-state index in [9.17, 15) is 5.11 Å². The number of hydrogen-bond donors (Lipinski definition) is 1. The second-order valence-electron chi connectivity index (χ2n) is 6.25. The molecule has 0 aliphatic rings. The van der Waals surface area contributed by atoms with Gasteiger partial charge in [0, 0.05) is 18.3 Å². The molecule has 0 saturated heterocycles. The van der Waals surface area contributed by atoms with E-state index in [0.29, 0.717) is 5.75 Å². The molecule has 0 atom stereocenters. The van der Waals surface area contributed by atoms with Gasteiger partial charge in [0.1, 0.15) is 5.75 Å². The molecule has 2 heterocycles. The number of hydrogen-bond acceptors (Lipinski definition) is 6. The number of fused-ring (bicyclic) bond motifs is 1. The van der Waals surface area contributed by atoms with E-state index in [1.165, 1.54) is 7.11 Å². The normalized spacial score (nSPS) is 10.8. The number of imidazole rings is 1. The molecule has 7 heteroatoms. The Morgan fingerprint density at radius 2 is 1.75 bits per heavy atom. The van der Waals surface area contributed by atoms with E-state index in [1.807, 2.05) is 54.4 Å². The lowest BCUT2D eigenvalue weighted by molar-refractivity contribution is 0.373. The highest BCUT2D eigenvalue weighted by molar-refractivity contribution is 5.68. The van der Waals surface area contributed by atoms with Crippen LogP contribution in [0.5, 0.6) is 17.2 Å². The highest BCUT2D eigenvalue weighted by Gasteiger charge is 2.13. The van der Waals surface area contributed by atoms with E-state index in [2.05, 4.69) is 4.98 Å². The van der Waals surface area contributed by atoms with Crippen LogP contribution in [0.25, 0.3) is 16.9 Å². The van der Waals surface area contributed by atoms with Crippen LogP contribution >= 0.6 is 0 Å². The average Bonchev–Trinajstić information content (AvgIpc) is 3.17. The maximum atomic E-state index is 9.85. The van der Waals surface area contributed by atoms with E-state index >= 15 is 0 Å². The molecule has 4 aromatic rings. The van der Waals surface area contributed by atoms with Crippen molar-refractivity contribution in [3.05, 3.63) is 60.8 Å². The minimum Gasteiger partial charge on any atom is -0.504 e. The Hall–Kier alpha value is -3.74. The predicted molar refractivity (Wildman–Crippen MR) is 108 cm³/mol. The van der Waals surface area contributed by atoms with Crippen LogP contribution < -0.4 is 14.4 Å². The van der Waals surface area contributed by atoms with E-state index in [0.717, 1.165) is 34.2 Å². The molecule has 0 bridgehead atoms. The van der Waals surface area contributed by atoms with Crippen LogP contribution in [0.2, 0.25) is 0 Å². The van der Waals surface area contributed by atoms with Crippen LogP contribution in [-0.2, 0) is 0 Å². The number of phenols is 1. The highest BCUT2D eigenvalue weighted by atomic mass is 16.5. The molecule has 7 nitrogen and oxygen atoms in total. The van der Waals surface area contributed by atoms with Crippen LogP contribution in [0.4, 0.5) is 11.5 Å². The Kier molecular flexibility index (Phi) is 4.49. The Balaban J connectivity index is 1.75. The molecule has 4 rings (SSSR count). The standard InChI is InChI=1S/C21H20N4O3/c1-24(15-5-7-16(27-2)8-6-15)21-11-10-20-22-13-17(25(20)23-21)14-4-9-18(26)19(12-14)28-3/h4-13,26H,1-3H3. The summed E-state index contributed by atoms with van der Waals surface area (Å²) in [6, 6.07) is 16.8. The number of phenolic OH excluding ortho intramolecular Hbond substituents is 1. The van der Waals surface area contributed by atoms with Gasteiger partial charge in [0.25, 0.3) is 0 Å². The number of methoxy groups -OCH3 is 2. The second kappa shape index (κ2) is 7.11. The van der Waals surface area contributed by atoms with Crippen molar-refractivity contribution in [1.82, 2.24) is 14.6 Å². The molecule has 0 spiro atoms. The maximum absolute atomic E-state index is 9.85.